The van der Waals surface area contributed by atoms with Gasteiger partial charge in [-0.05, 0) is 29.7 Å². The van der Waals surface area contributed by atoms with E-state index in [0.29, 0.717) is 5.56 Å². The van der Waals surface area contributed by atoms with Gasteiger partial charge in [0.1, 0.15) is 5.75 Å². The van der Waals surface area contributed by atoms with Crippen LogP contribution in [0.5, 0.6) is 5.75 Å². The molecule has 0 fully saturated rings. The van der Waals surface area contributed by atoms with E-state index >= 15 is 0 Å². The SMILES string of the molecule is Oc1ccc(C(Cc2ccccc2)C(F)(F)F)cc1. The first-order valence-corrected chi connectivity index (χ1v) is 5.86. The second-order valence-corrected chi connectivity index (χ2v) is 4.38. The summed E-state index contributed by atoms with van der Waals surface area (Å²) in [7, 11) is 0. The van der Waals surface area contributed by atoms with Crippen LogP contribution in [-0.2, 0) is 6.42 Å². The van der Waals surface area contributed by atoms with Crippen LogP contribution < -0.4 is 0 Å². The van der Waals surface area contributed by atoms with Crippen molar-refractivity contribution >= 4 is 0 Å². The topological polar surface area (TPSA) is 20.2 Å². The summed E-state index contributed by atoms with van der Waals surface area (Å²) in [5, 5.41) is 9.15. The normalized spacial score (nSPS) is 13.2. The molecule has 0 radical (unpaired) electrons. The number of hydrogen-bond acceptors (Lipinski definition) is 1. The Morgan fingerprint density at radius 2 is 1.47 bits per heavy atom. The van der Waals surface area contributed by atoms with E-state index in [1.807, 2.05) is 0 Å². The van der Waals surface area contributed by atoms with Crippen molar-refractivity contribution in [2.75, 3.05) is 0 Å². The van der Waals surface area contributed by atoms with Crippen molar-refractivity contribution in [3.8, 4) is 5.75 Å². The van der Waals surface area contributed by atoms with Crippen molar-refractivity contribution in [1.82, 2.24) is 0 Å². The molecule has 0 saturated heterocycles. The molecule has 0 saturated carbocycles. The van der Waals surface area contributed by atoms with Crippen LogP contribution in [0.2, 0.25) is 0 Å². The molecular weight excluding hydrogens is 253 g/mol. The first kappa shape index (κ1) is 13.5. The van der Waals surface area contributed by atoms with E-state index in [1.165, 1.54) is 24.3 Å². The van der Waals surface area contributed by atoms with Crippen LogP contribution in [0.4, 0.5) is 13.2 Å². The molecular formula is C15H13F3O. The predicted molar refractivity (Wildman–Crippen MR) is 67.0 cm³/mol. The van der Waals surface area contributed by atoms with Crippen LogP contribution in [0.15, 0.2) is 54.6 Å². The first-order chi connectivity index (χ1) is 8.97. The molecule has 1 atom stereocenters. The van der Waals surface area contributed by atoms with Crippen molar-refractivity contribution in [3.63, 3.8) is 0 Å². The Morgan fingerprint density at radius 3 is 2.00 bits per heavy atom. The van der Waals surface area contributed by atoms with Gasteiger partial charge in [-0.15, -0.1) is 0 Å². The van der Waals surface area contributed by atoms with Gasteiger partial charge in [-0.2, -0.15) is 13.2 Å². The highest BCUT2D eigenvalue weighted by Gasteiger charge is 2.40. The summed E-state index contributed by atoms with van der Waals surface area (Å²) in [6, 6.07) is 13.8. The summed E-state index contributed by atoms with van der Waals surface area (Å²) in [6.45, 7) is 0. The zero-order valence-corrected chi connectivity index (χ0v) is 10.1. The van der Waals surface area contributed by atoms with E-state index in [4.69, 9.17) is 5.11 Å². The summed E-state index contributed by atoms with van der Waals surface area (Å²) in [5.41, 5.74) is 0.798. The Bertz CT molecular complexity index is 517. The largest absolute Gasteiger partial charge is 0.508 e. The van der Waals surface area contributed by atoms with Gasteiger partial charge in [-0.25, -0.2) is 0 Å². The molecule has 0 aliphatic carbocycles. The minimum Gasteiger partial charge on any atom is -0.508 e. The fraction of sp³-hybridized carbons (Fsp3) is 0.200. The molecule has 2 aromatic carbocycles. The molecule has 0 heterocycles. The predicted octanol–water partition coefficient (Wildman–Crippen LogP) is 4.28. The molecule has 1 N–H and O–H groups in total. The lowest BCUT2D eigenvalue weighted by molar-refractivity contribution is -0.150. The highest BCUT2D eigenvalue weighted by Crippen LogP contribution is 2.37. The van der Waals surface area contributed by atoms with E-state index in [0.717, 1.165) is 0 Å². The summed E-state index contributed by atoms with van der Waals surface area (Å²) in [6.07, 6.45) is -4.41. The second kappa shape index (κ2) is 5.34. The molecule has 0 aliphatic rings. The van der Waals surface area contributed by atoms with Crippen LogP contribution in [-0.4, -0.2) is 11.3 Å². The zero-order valence-electron chi connectivity index (χ0n) is 10.1. The van der Waals surface area contributed by atoms with Crippen LogP contribution in [0.3, 0.4) is 0 Å². The van der Waals surface area contributed by atoms with E-state index in [9.17, 15) is 13.2 Å². The van der Waals surface area contributed by atoms with Gasteiger partial charge < -0.3 is 5.11 Å². The smallest absolute Gasteiger partial charge is 0.396 e. The molecule has 2 aromatic rings. The number of phenols is 1. The summed E-state index contributed by atoms with van der Waals surface area (Å²) < 4.78 is 39.4. The molecule has 0 amide bonds. The molecule has 0 aromatic heterocycles. The number of hydrogen-bond donors (Lipinski definition) is 1. The number of rotatable bonds is 3. The fourth-order valence-corrected chi connectivity index (χ4v) is 1.98. The van der Waals surface area contributed by atoms with Gasteiger partial charge in [0.05, 0.1) is 5.92 Å². The Hall–Kier alpha value is -1.97. The maximum Gasteiger partial charge on any atom is 0.396 e. The average Bonchev–Trinajstić information content (AvgIpc) is 2.37. The number of benzene rings is 2. The quantitative estimate of drug-likeness (QED) is 0.879. The monoisotopic (exact) mass is 266 g/mol. The molecule has 0 bridgehead atoms. The molecule has 0 aliphatic heterocycles. The van der Waals surface area contributed by atoms with Crippen molar-refractivity contribution in [2.45, 2.75) is 18.5 Å². The standard InChI is InChI=1S/C15H13F3O/c16-15(17,18)14(10-11-4-2-1-3-5-11)12-6-8-13(19)9-7-12/h1-9,14,19H,10H2. The Labute approximate surface area is 109 Å². The number of halogens is 3. The Balaban J connectivity index is 2.29. The van der Waals surface area contributed by atoms with Crippen molar-refractivity contribution in [2.24, 2.45) is 0 Å². The lowest BCUT2D eigenvalue weighted by Crippen LogP contribution is -2.22. The van der Waals surface area contributed by atoms with Crippen LogP contribution in [0.25, 0.3) is 0 Å². The molecule has 19 heavy (non-hydrogen) atoms. The molecule has 4 heteroatoms. The van der Waals surface area contributed by atoms with Crippen molar-refractivity contribution in [1.29, 1.82) is 0 Å². The number of aromatic hydroxyl groups is 1. The van der Waals surface area contributed by atoms with Gasteiger partial charge in [-0.1, -0.05) is 42.5 Å². The number of alkyl halides is 3. The van der Waals surface area contributed by atoms with Gasteiger partial charge in [-0.3, -0.25) is 0 Å². The maximum atomic E-state index is 13.1. The Kier molecular flexibility index (Phi) is 3.79. The van der Waals surface area contributed by atoms with Crippen LogP contribution >= 0.6 is 0 Å². The first-order valence-electron chi connectivity index (χ1n) is 5.86. The third kappa shape index (κ3) is 3.50. The highest BCUT2D eigenvalue weighted by atomic mass is 19.4. The molecule has 0 spiro atoms. The number of phenolic OH excluding ortho intramolecular Hbond substituents is 1. The second-order valence-electron chi connectivity index (χ2n) is 4.38. The van der Waals surface area contributed by atoms with Gasteiger partial charge in [0.15, 0.2) is 0 Å². The van der Waals surface area contributed by atoms with Crippen LogP contribution in [0.1, 0.15) is 17.0 Å². The maximum absolute atomic E-state index is 13.1. The van der Waals surface area contributed by atoms with Crippen molar-refractivity contribution < 1.29 is 18.3 Å². The molecule has 100 valence electrons. The minimum absolute atomic E-state index is 0.0376. The summed E-state index contributed by atoms with van der Waals surface area (Å²) >= 11 is 0. The Morgan fingerprint density at radius 1 is 0.895 bits per heavy atom. The van der Waals surface area contributed by atoms with E-state index < -0.39 is 12.1 Å². The van der Waals surface area contributed by atoms with E-state index in [-0.39, 0.29) is 17.7 Å². The highest BCUT2D eigenvalue weighted by molar-refractivity contribution is 5.31. The zero-order chi connectivity index (χ0) is 13.9. The molecule has 1 nitrogen and oxygen atoms in total. The van der Waals surface area contributed by atoms with Gasteiger partial charge in [0.25, 0.3) is 0 Å². The van der Waals surface area contributed by atoms with Gasteiger partial charge >= 0.3 is 6.18 Å². The average molecular weight is 266 g/mol. The lowest BCUT2D eigenvalue weighted by atomic mass is 9.91. The van der Waals surface area contributed by atoms with Gasteiger partial charge in [0, 0.05) is 0 Å². The van der Waals surface area contributed by atoms with Gasteiger partial charge in [0.2, 0.25) is 0 Å². The fourth-order valence-electron chi connectivity index (χ4n) is 1.98. The molecule has 1 unspecified atom stereocenters. The van der Waals surface area contributed by atoms with E-state index in [1.54, 1.807) is 30.3 Å². The van der Waals surface area contributed by atoms with Crippen LogP contribution in [0, 0.1) is 0 Å². The van der Waals surface area contributed by atoms with E-state index in [2.05, 4.69) is 0 Å². The molecule has 2 rings (SSSR count). The summed E-state index contributed by atoms with van der Waals surface area (Å²) in [5.74, 6) is -1.60. The minimum atomic E-state index is -4.31. The lowest BCUT2D eigenvalue weighted by Gasteiger charge is -2.21. The van der Waals surface area contributed by atoms with Crippen molar-refractivity contribution in [3.05, 3.63) is 65.7 Å². The summed E-state index contributed by atoms with van der Waals surface area (Å²) in [4.78, 5) is 0. The third-order valence-corrected chi connectivity index (χ3v) is 2.97. The third-order valence-electron chi connectivity index (χ3n) is 2.97.